The number of nitrogens with one attached hydrogen (secondary N) is 1. The van der Waals surface area contributed by atoms with Crippen molar-refractivity contribution in [3.05, 3.63) is 63.2 Å². The molecule has 0 aliphatic carbocycles. The molecule has 2 aromatic rings. The van der Waals surface area contributed by atoms with E-state index in [1.54, 1.807) is 19.1 Å². The zero-order valence-electron chi connectivity index (χ0n) is 16.9. The van der Waals surface area contributed by atoms with Gasteiger partial charge in [-0.15, -0.1) is 0 Å². The molecule has 0 bridgehead atoms. The van der Waals surface area contributed by atoms with E-state index in [1.165, 1.54) is 31.5 Å². The monoisotopic (exact) mass is 434 g/mol. The molecule has 0 unspecified atom stereocenters. The average Bonchev–Trinajstić information content (AvgIpc) is 2.65. The van der Waals surface area contributed by atoms with E-state index in [1.807, 2.05) is 13.0 Å². The summed E-state index contributed by atoms with van der Waals surface area (Å²) in [6.45, 7) is 3.17. The molecule has 0 fully saturated rings. The first-order valence-electron chi connectivity index (χ1n) is 8.72. The fourth-order valence-electron chi connectivity index (χ4n) is 2.74. The Bertz CT molecular complexity index is 1100. The predicted molar refractivity (Wildman–Crippen MR) is 113 cm³/mol. The van der Waals surface area contributed by atoms with Crippen molar-refractivity contribution in [1.82, 2.24) is 5.43 Å². The highest BCUT2D eigenvalue weighted by Crippen LogP contribution is 2.27. The van der Waals surface area contributed by atoms with Gasteiger partial charge in [0, 0.05) is 11.6 Å². The SMILES string of the molecule is COc1ccc(/C=N\NC(=O)CN(c2ccc(C)cc2C)S(C)(=O)=O)cc1[N+](=O)[O-]. The second kappa shape index (κ2) is 9.35. The number of hydrazone groups is 1. The number of carbonyl (C=O) groups excluding carboxylic acids is 1. The summed E-state index contributed by atoms with van der Waals surface area (Å²) in [5.41, 5.74) is 4.42. The van der Waals surface area contributed by atoms with Gasteiger partial charge in [-0.25, -0.2) is 13.8 Å². The summed E-state index contributed by atoms with van der Waals surface area (Å²) in [6.07, 6.45) is 2.23. The van der Waals surface area contributed by atoms with Crippen LogP contribution in [-0.2, 0) is 14.8 Å². The number of methoxy groups -OCH3 is 1. The van der Waals surface area contributed by atoms with Gasteiger partial charge >= 0.3 is 5.69 Å². The van der Waals surface area contributed by atoms with Gasteiger partial charge in [0.2, 0.25) is 10.0 Å². The Hall–Kier alpha value is -3.47. The number of hydrogen-bond donors (Lipinski definition) is 1. The Balaban J connectivity index is 2.15. The standard InChI is InChI=1S/C19H22N4O6S/c1-13-5-7-16(14(2)9-13)22(30(4,27)28)12-19(24)21-20-11-15-6-8-18(29-3)17(10-15)23(25)26/h5-11H,12H2,1-4H3,(H,21,24)/b20-11-. The number of rotatable bonds is 8. The van der Waals surface area contributed by atoms with Crippen LogP contribution >= 0.6 is 0 Å². The van der Waals surface area contributed by atoms with E-state index in [-0.39, 0.29) is 11.4 Å². The van der Waals surface area contributed by atoms with Crippen molar-refractivity contribution < 1.29 is 22.9 Å². The lowest BCUT2D eigenvalue weighted by Gasteiger charge is -2.23. The quantitative estimate of drug-likeness (QED) is 0.385. The van der Waals surface area contributed by atoms with E-state index in [0.717, 1.165) is 16.1 Å². The molecule has 11 heteroatoms. The minimum absolute atomic E-state index is 0.0958. The number of nitro groups is 1. The van der Waals surface area contributed by atoms with Gasteiger partial charge < -0.3 is 4.74 Å². The molecule has 1 amide bonds. The van der Waals surface area contributed by atoms with Gasteiger partial charge in [0.05, 0.1) is 30.2 Å². The number of sulfonamides is 1. The number of benzene rings is 2. The van der Waals surface area contributed by atoms with E-state index in [9.17, 15) is 23.3 Å². The zero-order chi connectivity index (χ0) is 22.5. The fraction of sp³-hybridized carbons (Fsp3) is 0.263. The van der Waals surface area contributed by atoms with Gasteiger partial charge in [-0.3, -0.25) is 19.2 Å². The third kappa shape index (κ3) is 5.77. The minimum Gasteiger partial charge on any atom is -0.490 e. The van der Waals surface area contributed by atoms with Crippen LogP contribution in [0.4, 0.5) is 11.4 Å². The van der Waals surface area contributed by atoms with Gasteiger partial charge in [-0.1, -0.05) is 17.7 Å². The van der Waals surface area contributed by atoms with Gasteiger partial charge in [0.15, 0.2) is 5.75 Å². The number of ether oxygens (including phenoxy) is 1. The molecule has 0 spiro atoms. The van der Waals surface area contributed by atoms with E-state index in [4.69, 9.17) is 4.74 Å². The van der Waals surface area contributed by atoms with E-state index in [2.05, 4.69) is 10.5 Å². The van der Waals surface area contributed by atoms with Crippen molar-refractivity contribution in [1.29, 1.82) is 0 Å². The van der Waals surface area contributed by atoms with Crippen LogP contribution in [0.3, 0.4) is 0 Å². The van der Waals surface area contributed by atoms with Crippen molar-refractivity contribution in [2.45, 2.75) is 13.8 Å². The maximum absolute atomic E-state index is 12.3. The lowest BCUT2D eigenvalue weighted by molar-refractivity contribution is -0.385. The predicted octanol–water partition coefficient (Wildman–Crippen LogP) is 2.14. The average molecular weight is 434 g/mol. The number of aryl methyl sites for hydroxylation is 2. The van der Waals surface area contributed by atoms with Crippen LogP contribution in [0.25, 0.3) is 0 Å². The second-order valence-corrected chi connectivity index (χ2v) is 8.45. The third-order valence-corrected chi connectivity index (χ3v) is 5.24. The number of anilines is 1. The molecule has 0 radical (unpaired) electrons. The van der Waals surface area contributed by atoms with Gasteiger partial charge in [0.25, 0.3) is 5.91 Å². The molecule has 0 saturated heterocycles. The first kappa shape index (κ1) is 22.8. The zero-order valence-corrected chi connectivity index (χ0v) is 17.8. The number of nitro benzene ring substituents is 1. The molecule has 30 heavy (non-hydrogen) atoms. The number of carbonyl (C=O) groups is 1. The van der Waals surface area contributed by atoms with Crippen LogP contribution in [-0.4, -0.2) is 45.4 Å². The van der Waals surface area contributed by atoms with Crippen molar-refractivity contribution in [3.8, 4) is 5.75 Å². The van der Waals surface area contributed by atoms with E-state index < -0.39 is 27.4 Å². The maximum Gasteiger partial charge on any atom is 0.311 e. The Morgan fingerprint density at radius 2 is 1.97 bits per heavy atom. The summed E-state index contributed by atoms with van der Waals surface area (Å²) < 4.78 is 30.3. The smallest absolute Gasteiger partial charge is 0.311 e. The van der Waals surface area contributed by atoms with Crippen molar-refractivity contribution >= 4 is 33.5 Å². The minimum atomic E-state index is -3.72. The lowest BCUT2D eigenvalue weighted by atomic mass is 10.1. The molecule has 10 nitrogen and oxygen atoms in total. The van der Waals surface area contributed by atoms with Crippen molar-refractivity contribution in [3.63, 3.8) is 0 Å². The molecule has 0 heterocycles. The first-order chi connectivity index (χ1) is 14.0. The molecule has 0 saturated carbocycles. The normalized spacial score (nSPS) is 11.3. The van der Waals surface area contributed by atoms with Crippen molar-refractivity contribution in [2.24, 2.45) is 5.10 Å². The topological polar surface area (TPSA) is 131 Å². The molecule has 0 aromatic heterocycles. The van der Waals surface area contributed by atoms with Crippen LogP contribution in [0.1, 0.15) is 16.7 Å². The largest absolute Gasteiger partial charge is 0.490 e. The molecule has 0 atom stereocenters. The van der Waals surface area contributed by atoms with Crippen LogP contribution in [0.5, 0.6) is 5.75 Å². The molecular formula is C19H22N4O6S. The second-order valence-electron chi connectivity index (χ2n) is 6.54. The molecule has 2 aromatic carbocycles. The summed E-state index contributed by atoms with van der Waals surface area (Å²) in [4.78, 5) is 22.7. The first-order valence-corrected chi connectivity index (χ1v) is 10.6. The Morgan fingerprint density at radius 1 is 1.27 bits per heavy atom. The molecule has 0 aliphatic heterocycles. The summed E-state index contributed by atoms with van der Waals surface area (Å²) >= 11 is 0. The number of amides is 1. The molecular weight excluding hydrogens is 412 g/mol. The summed E-state index contributed by atoms with van der Waals surface area (Å²) in [5.74, 6) is -0.571. The van der Waals surface area contributed by atoms with Crippen LogP contribution < -0.4 is 14.5 Å². The molecule has 0 aliphatic rings. The molecule has 1 N–H and O–H groups in total. The highest BCUT2D eigenvalue weighted by molar-refractivity contribution is 7.92. The molecule has 2 rings (SSSR count). The van der Waals surface area contributed by atoms with E-state index in [0.29, 0.717) is 16.8 Å². The van der Waals surface area contributed by atoms with Crippen LogP contribution in [0.15, 0.2) is 41.5 Å². The highest BCUT2D eigenvalue weighted by Gasteiger charge is 2.22. The summed E-state index contributed by atoms with van der Waals surface area (Å²) in [6, 6.07) is 9.39. The third-order valence-electron chi connectivity index (χ3n) is 4.11. The molecule has 160 valence electrons. The van der Waals surface area contributed by atoms with Gasteiger partial charge in [0.1, 0.15) is 6.54 Å². The Morgan fingerprint density at radius 3 is 2.53 bits per heavy atom. The Kier molecular flexibility index (Phi) is 7.11. The summed E-state index contributed by atoms with van der Waals surface area (Å²) in [7, 11) is -2.40. The lowest BCUT2D eigenvalue weighted by Crippen LogP contribution is -2.39. The fourth-order valence-corrected chi connectivity index (χ4v) is 3.65. The maximum atomic E-state index is 12.3. The summed E-state index contributed by atoms with van der Waals surface area (Å²) in [5, 5.41) is 14.8. The van der Waals surface area contributed by atoms with Crippen LogP contribution in [0, 0.1) is 24.0 Å². The van der Waals surface area contributed by atoms with Crippen LogP contribution in [0.2, 0.25) is 0 Å². The highest BCUT2D eigenvalue weighted by atomic mass is 32.2. The number of hydrogen-bond acceptors (Lipinski definition) is 7. The van der Waals surface area contributed by atoms with E-state index >= 15 is 0 Å². The van der Waals surface area contributed by atoms with Gasteiger partial charge in [-0.05, 0) is 37.6 Å². The number of nitrogens with zero attached hydrogens (tertiary/aromatic N) is 3. The van der Waals surface area contributed by atoms with Gasteiger partial charge in [-0.2, -0.15) is 5.10 Å². The Labute approximate surface area is 174 Å². The van der Waals surface area contributed by atoms with Crippen molar-refractivity contribution in [2.75, 3.05) is 24.2 Å².